The molecule has 3 rings (SSSR count). The zero-order valence-electron chi connectivity index (χ0n) is 15.1. The Morgan fingerprint density at radius 2 is 1.85 bits per heavy atom. The Balaban J connectivity index is 1.67. The Morgan fingerprint density at radius 3 is 2.50 bits per heavy atom. The van der Waals surface area contributed by atoms with Crippen molar-refractivity contribution < 1.29 is 4.79 Å². The molecule has 0 aliphatic carbocycles. The van der Waals surface area contributed by atoms with Gasteiger partial charge in [-0.15, -0.1) is 0 Å². The fraction of sp³-hybridized carbons (Fsp3) is 0.182. The van der Waals surface area contributed by atoms with Crippen LogP contribution in [0.1, 0.15) is 28.5 Å². The second kappa shape index (κ2) is 8.30. The molecule has 3 aromatic rings. The summed E-state index contributed by atoms with van der Waals surface area (Å²) in [6, 6.07) is 21.7. The summed E-state index contributed by atoms with van der Waals surface area (Å²) in [6.45, 7) is 5.36. The lowest BCUT2D eigenvalue weighted by Gasteiger charge is -2.20. The number of carbonyl (C=O) groups excluding carboxylic acids is 1. The second-order valence-electron chi connectivity index (χ2n) is 6.16. The van der Waals surface area contributed by atoms with Gasteiger partial charge in [-0.2, -0.15) is 0 Å². The van der Waals surface area contributed by atoms with Gasteiger partial charge in [0.1, 0.15) is 5.69 Å². The molecule has 0 unspecified atom stereocenters. The second-order valence-corrected chi connectivity index (χ2v) is 6.16. The number of hydrogen-bond acceptors (Lipinski definition) is 3. The van der Waals surface area contributed by atoms with Gasteiger partial charge in [-0.1, -0.05) is 48.0 Å². The van der Waals surface area contributed by atoms with Gasteiger partial charge in [-0.3, -0.25) is 4.79 Å². The summed E-state index contributed by atoms with van der Waals surface area (Å²) in [6.07, 6.45) is 1.71. The quantitative estimate of drug-likeness (QED) is 0.706. The van der Waals surface area contributed by atoms with Gasteiger partial charge in [0.15, 0.2) is 0 Å². The van der Waals surface area contributed by atoms with Crippen molar-refractivity contribution in [3.8, 4) is 0 Å². The molecular formula is C22H23N3O. The van der Waals surface area contributed by atoms with Gasteiger partial charge in [0.2, 0.25) is 0 Å². The van der Waals surface area contributed by atoms with E-state index < -0.39 is 0 Å². The molecule has 1 aromatic heterocycles. The lowest BCUT2D eigenvalue weighted by atomic mass is 10.1. The molecule has 4 nitrogen and oxygen atoms in total. The molecule has 0 radical (unpaired) electrons. The number of rotatable bonds is 6. The van der Waals surface area contributed by atoms with E-state index >= 15 is 0 Å². The molecule has 1 heterocycles. The summed E-state index contributed by atoms with van der Waals surface area (Å²) in [5.74, 6) is -0.0936. The molecule has 0 atom stereocenters. The van der Waals surface area contributed by atoms with Crippen molar-refractivity contribution in [3.05, 3.63) is 89.7 Å². The van der Waals surface area contributed by atoms with Crippen LogP contribution >= 0.6 is 0 Å². The molecule has 0 spiro atoms. The summed E-state index contributed by atoms with van der Waals surface area (Å²) < 4.78 is 0. The van der Waals surface area contributed by atoms with Crippen LogP contribution in [0.25, 0.3) is 0 Å². The van der Waals surface area contributed by atoms with Gasteiger partial charge in [0.05, 0.1) is 11.9 Å². The third kappa shape index (κ3) is 4.28. The minimum atomic E-state index is -0.0936. The number of amides is 1. The normalized spacial score (nSPS) is 10.4. The number of carbonyl (C=O) groups is 1. The van der Waals surface area contributed by atoms with Crippen LogP contribution in [0, 0.1) is 6.92 Å². The van der Waals surface area contributed by atoms with Gasteiger partial charge in [0.25, 0.3) is 5.91 Å². The van der Waals surface area contributed by atoms with Crippen molar-refractivity contribution in [2.75, 3.05) is 16.8 Å². The Hall–Kier alpha value is -3.14. The molecule has 2 aromatic carbocycles. The van der Waals surface area contributed by atoms with Gasteiger partial charge < -0.3 is 10.2 Å². The lowest BCUT2D eigenvalue weighted by Crippen LogP contribution is -2.31. The van der Waals surface area contributed by atoms with E-state index in [4.69, 9.17) is 0 Å². The van der Waals surface area contributed by atoms with Gasteiger partial charge >= 0.3 is 0 Å². The number of nitrogens with one attached hydrogen (secondary N) is 1. The van der Waals surface area contributed by atoms with Crippen LogP contribution in [0.3, 0.4) is 0 Å². The lowest BCUT2D eigenvalue weighted by molar-refractivity contribution is 0.0983. The molecule has 0 saturated heterocycles. The molecule has 132 valence electrons. The molecule has 1 N–H and O–H groups in total. The summed E-state index contributed by atoms with van der Waals surface area (Å²) in [7, 11) is 0. The summed E-state index contributed by atoms with van der Waals surface area (Å²) in [5.41, 5.74) is 4.67. The molecule has 1 amide bonds. The SMILES string of the molecule is CCN(C(=O)c1ccc(NCc2cccc(C)c2)cn1)c1ccccc1. The van der Waals surface area contributed by atoms with Crippen molar-refractivity contribution in [1.82, 2.24) is 4.98 Å². The Morgan fingerprint density at radius 1 is 1.04 bits per heavy atom. The van der Waals surface area contributed by atoms with Crippen LogP contribution in [-0.4, -0.2) is 17.4 Å². The average Bonchev–Trinajstić information content (AvgIpc) is 2.68. The first-order valence-corrected chi connectivity index (χ1v) is 8.79. The van der Waals surface area contributed by atoms with Gasteiger partial charge in [0, 0.05) is 18.8 Å². The number of para-hydroxylation sites is 1. The summed E-state index contributed by atoms with van der Waals surface area (Å²) in [5, 5.41) is 3.34. The maximum absolute atomic E-state index is 12.7. The number of benzene rings is 2. The Labute approximate surface area is 154 Å². The minimum absolute atomic E-state index is 0.0936. The molecule has 0 aliphatic rings. The van der Waals surface area contributed by atoms with Crippen LogP contribution in [0.5, 0.6) is 0 Å². The van der Waals surface area contributed by atoms with Crippen LogP contribution < -0.4 is 10.2 Å². The fourth-order valence-electron chi connectivity index (χ4n) is 2.84. The van der Waals surface area contributed by atoms with E-state index in [1.54, 1.807) is 17.2 Å². The standard InChI is InChI=1S/C22H23N3O/c1-3-25(20-10-5-4-6-11-20)22(26)21-13-12-19(16-24-21)23-15-18-9-7-8-17(2)14-18/h4-14,16,23H,3,15H2,1-2H3. The van der Waals surface area contributed by atoms with E-state index in [-0.39, 0.29) is 5.91 Å². The van der Waals surface area contributed by atoms with Crippen LogP contribution in [0.2, 0.25) is 0 Å². The number of anilines is 2. The number of nitrogens with zero attached hydrogens (tertiary/aromatic N) is 2. The Kier molecular flexibility index (Phi) is 5.64. The smallest absolute Gasteiger partial charge is 0.276 e. The van der Waals surface area contributed by atoms with E-state index in [1.165, 1.54) is 11.1 Å². The molecule has 26 heavy (non-hydrogen) atoms. The number of pyridine rings is 1. The zero-order valence-corrected chi connectivity index (χ0v) is 15.1. The molecule has 0 aliphatic heterocycles. The Bertz CT molecular complexity index is 860. The highest BCUT2D eigenvalue weighted by atomic mass is 16.2. The largest absolute Gasteiger partial charge is 0.380 e. The first kappa shape index (κ1) is 17.7. The topological polar surface area (TPSA) is 45.2 Å². The first-order valence-electron chi connectivity index (χ1n) is 8.79. The van der Waals surface area contributed by atoms with Crippen molar-refractivity contribution in [2.24, 2.45) is 0 Å². The van der Waals surface area contributed by atoms with Crippen LogP contribution in [0.4, 0.5) is 11.4 Å². The van der Waals surface area contributed by atoms with Crippen molar-refractivity contribution in [3.63, 3.8) is 0 Å². The molecule has 0 fully saturated rings. The number of hydrogen-bond donors (Lipinski definition) is 1. The van der Waals surface area contributed by atoms with E-state index in [2.05, 4.69) is 41.5 Å². The molecule has 4 heteroatoms. The van der Waals surface area contributed by atoms with E-state index in [0.717, 1.165) is 17.9 Å². The van der Waals surface area contributed by atoms with Crippen LogP contribution in [-0.2, 0) is 6.54 Å². The maximum atomic E-state index is 12.7. The monoisotopic (exact) mass is 345 g/mol. The molecular weight excluding hydrogens is 322 g/mol. The van der Waals surface area contributed by atoms with Gasteiger partial charge in [-0.05, 0) is 43.7 Å². The fourth-order valence-corrected chi connectivity index (χ4v) is 2.84. The summed E-state index contributed by atoms with van der Waals surface area (Å²) in [4.78, 5) is 18.8. The minimum Gasteiger partial charge on any atom is -0.380 e. The van der Waals surface area contributed by atoms with Crippen molar-refractivity contribution in [1.29, 1.82) is 0 Å². The highest BCUT2D eigenvalue weighted by Gasteiger charge is 2.16. The van der Waals surface area contributed by atoms with Crippen LogP contribution in [0.15, 0.2) is 72.9 Å². The van der Waals surface area contributed by atoms with E-state index in [0.29, 0.717) is 12.2 Å². The maximum Gasteiger partial charge on any atom is 0.276 e. The number of aryl methyl sites for hydroxylation is 1. The predicted molar refractivity (Wildman–Crippen MR) is 107 cm³/mol. The van der Waals surface area contributed by atoms with Crippen molar-refractivity contribution >= 4 is 17.3 Å². The van der Waals surface area contributed by atoms with E-state index in [1.807, 2.05) is 43.3 Å². The first-order chi connectivity index (χ1) is 12.7. The third-order valence-electron chi connectivity index (χ3n) is 4.19. The zero-order chi connectivity index (χ0) is 18.4. The summed E-state index contributed by atoms with van der Waals surface area (Å²) >= 11 is 0. The predicted octanol–water partition coefficient (Wildman–Crippen LogP) is 4.67. The van der Waals surface area contributed by atoms with Gasteiger partial charge in [-0.25, -0.2) is 4.98 Å². The van der Waals surface area contributed by atoms with E-state index in [9.17, 15) is 4.79 Å². The highest BCUT2D eigenvalue weighted by Crippen LogP contribution is 2.17. The average molecular weight is 345 g/mol. The molecule has 0 saturated carbocycles. The highest BCUT2D eigenvalue weighted by molar-refractivity contribution is 6.04. The number of aromatic nitrogens is 1. The molecule has 0 bridgehead atoms. The third-order valence-corrected chi connectivity index (χ3v) is 4.19. The van der Waals surface area contributed by atoms with Crippen molar-refractivity contribution in [2.45, 2.75) is 20.4 Å².